The Hall–Kier alpha value is -6.32. The van der Waals surface area contributed by atoms with E-state index in [1.54, 1.807) is 0 Å². The topological polar surface area (TPSA) is 8.17 Å². The van der Waals surface area contributed by atoms with Crippen LogP contribution in [0.5, 0.6) is 0 Å². The first-order valence-electron chi connectivity index (χ1n) is 23.7. The summed E-state index contributed by atoms with van der Waals surface area (Å²) in [5.74, 6) is 0. The van der Waals surface area contributed by atoms with Crippen molar-refractivity contribution in [3.8, 4) is 33.4 Å². The van der Waals surface area contributed by atoms with Crippen molar-refractivity contribution in [2.45, 2.75) is 105 Å². The molecule has 2 aliphatic rings. The second kappa shape index (κ2) is 14.1. The summed E-state index contributed by atoms with van der Waals surface area (Å²) in [5, 5.41) is 5.22. The van der Waals surface area contributed by atoms with Crippen LogP contribution in [0, 0.1) is 0 Å². The number of fused-ring (bicyclic) bond motifs is 9. The number of aromatic nitrogens is 1. The van der Waals surface area contributed by atoms with Gasteiger partial charge in [0.15, 0.2) is 0 Å². The van der Waals surface area contributed by atoms with Crippen LogP contribution in [0.3, 0.4) is 0 Å². The Morgan fingerprint density at radius 1 is 0.400 bits per heavy atom. The van der Waals surface area contributed by atoms with Gasteiger partial charge in [-0.25, -0.2) is 0 Å². The average Bonchev–Trinajstić information content (AvgIpc) is 3.61. The third kappa shape index (κ3) is 6.60. The summed E-state index contributed by atoms with van der Waals surface area (Å²) >= 11 is 0. The molecular formula is C62H61BN2. The molecular weight excluding hydrogens is 784 g/mol. The minimum absolute atomic E-state index is 0.0479. The van der Waals surface area contributed by atoms with Gasteiger partial charge in [-0.05, 0) is 130 Å². The first kappa shape index (κ1) is 41.4. The summed E-state index contributed by atoms with van der Waals surface area (Å²) in [7, 11) is 0. The van der Waals surface area contributed by atoms with Crippen LogP contribution in [0.1, 0.15) is 105 Å². The number of hydrogen-bond donors (Lipinski definition) is 0. The van der Waals surface area contributed by atoms with E-state index in [1.807, 2.05) is 0 Å². The zero-order chi connectivity index (χ0) is 45.5. The normalized spacial score (nSPS) is 13.8. The first-order chi connectivity index (χ1) is 30.8. The van der Waals surface area contributed by atoms with Gasteiger partial charge in [0, 0.05) is 44.4 Å². The van der Waals surface area contributed by atoms with Crippen LogP contribution in [0.2, 0.25) is 0 Å². The molecule has 0 aliphatic carbocycles. The fraction of sp³-hybridized carbons (Fsp3) is 0.258. The van der Waals surface area contributed by atoms with E-state index in [2.05, 4.69) is 244 Å². The van der Waals surface area contributed by atoms with Gasteiger partial charge in [0.2, 0.25) is 0 Å². The van der Waals surface area contributed by atoms with Crippen molar-refractivity contribution < 1.29 is 0 Å². The Morgan fingerprint density at radius 2 is 0.969 bits per heavy atom. The van der Waals surface area contributed by atoms with Gasteiger partial charge in [-0.1, -0.05) is 198 Å². The zero-order valence-electron chi connectivity index (χ0n) is 40.4. The molecule has 1 aromatic heterocycles. The van der Waals surface area contributed by atoms with Crippen molar-refractivity contribution in [1.29, 1.82) is 0 Å². The van der Waals surface area contributed by atoms with E-state index in [4.69, 9.17) is 0 Å². The number of anilines is 3. The Kier molecular flexibility index (Phi) is 8.97. The molecule has 2 nitrogen and oxygen atoms in total. The maximum atomic E-state index is 2.71. The summed E-state index contributed by atoms with van der Waals surface area (Å²) in [4.78, 5) is 2.63. The van der Waals surface area contributed by atoms with E-state index in [9.17, 15) is 0 Å². The van der Waals surface area contributed by atoms with E-state index in [-0.39, 0.29) is 28.5 Å². The van der Waals surface area contributed by atoms with Crippen LogP contribution >= 0.6 is 0 Å². The molecule has 322 valence electrons. The molecule has 3 heterocycles. The van der Waals surface area contributed by atoms with Crippen molar-refractivity contribution in [2.75, 3.05) is 4.90 Å². The highest BCUT2D eigenvalue weighted by Gasteiger charge is 2.43. The Bertz CT molecular complexity index is 3360. The number of benzene rings is 8. The Morgan fingerprint density at radius 3 is 1.58 bits per heavy atom. The minimum Gasteiger partial charge on any atom is -0.375 e. The summed E-state index contributed by atoms with van der Waals surface area (Å²) in [6.45, 7) is 27.8. The lowest BCUT2D eigenvalue weighted by Gasteiger charge is -2.41. The lowest BCUT2D eigenvalue weighted by molar-refractivity contribution is 0.569. The van der Waals surface area contributed by atoms with E-state index in [1.165, 1.54) is 116 Å². The van der Waals surface area contributed by atoms with Crippen molar-refractivity contribution >= 4 is 67.4 Å². The highest BCUT2D eigenvalue weighted by molar-refractivity contribution is 6.90. The highest BCUT2D eigenvalue weighted by atomic mass is 15.2. The molecule has 9 aromatic rings. The van der Waals surface area contributed by atoms with Crippen molar-refractivity contribution in [3.63, 3.8) is 0 Å². The molecule has 11 rings (SSSR count). The summed E-state index contributed by atoms with van der Waals surface area (Å²) in [6, 6.07) is 59.1. The molecule has 0 unspecified atom stereocenters. The molecule has 0 radical (unpaired) electrons. The standard InChI is InChI=1S/C62H61BN2/c1-59(2,3)43-26-20-38(21-27-43)41-25-30-53-52(33-41)63-57-51(49-18-15-19-50-56-48-17-14-13-16-40(48)24-31-54(56)65(63)58(49)50)32-42(39-22-28-44(29-23-39)60(4,5)6)34-55(57)64(53)47-36-45(61(7,8)9)35-46(37-47)62(10,11)12/h13-37H,1-12H3. The fourth-order valence-corrected chi connectivity index (χ4v) is 10.8. The minimum atomic E-state index is -0.0682. The highest BCUT2D eigenvalue weighted by Crippen LogP contribution is 2.49. The molecule has 0 saturated heterocycles. The molecule has 0 N–H and O–H groups in total. The smallest absolute Gasteiger partial charge is 0.333 e. The largest absolute Gasteiger partial charge is 0.375 e. The van der Waals surface area contributed by atoms with Crippen molar-refractivity contribution in [2.24, 2.45) is 0 Å². The number of nitrogens with zero attached hydrogens (tertiary/aromatic N) is 2. The Balaban J connectivity index is 1.28. The second-order valence-electron chi connectivity index (χ2n) is 23.1. The van der Waals surface area contributed by atoms with Crippen LogP contribution in [0.15, 0.2) is 152 Å². The summed E-state index contributed by atoms with van der Waals surface area (Å²) in [6.07, 6.45) is 0. The Labute approximate surface area is 387 Å². The molecule has 3 heteroatoms. The van der Waals surface area contributed by atoms with E-state index in [0.29, 0.717) is 0 Å². The molecule has 0 spiro atoms. The molecule has 0 fully saturated rings. The third-order valence-corrected chi connectivity index (χ3v) is 14.6. The van der Waals surface area contributed by atoms with Crippen molar-refractivity contribution in [1.82, 2.24) is 4.48 Å². The van der Waals surface area contributed by atoms with Gasteiger partial charge in [0.05, 0.1) is 0 Å². The molecule has 2 aliphatic heterocycles. The van der Waals surface area contributed by atoms with Gasteiger partial charge in [-0.15, -0.1) is 0 Å². The third-order valence-electron chi connectivity index (χ3n) is 14.6. The predicted molar refractivity (Wildman–Crippen MR) is 283 cm³/mol. The average molecular weight is 845 g/mol. The summed E-state index contributed by atoms with van der Waals surface area (Å²) in [5.41, 5.74) is 21.9. The summed E-state index contributed by atoms with van der Waals surface area (Å²) < 4.78 is 2.71. The SMILES string of the molecule is CC(C)(C)c1ccc(-c2ccc3c(c2)B2c4c(cc(-c5ccc(C(C)(C)C)cc5)cc4N3c3cc(C(C)(C)C)cc(C(C)(C)C)c3)-c3cccc4c5c6ccccc6ccc5n2c34)cc1. The van der Waals surface area contributed by atoms with E-state index < -0.39 is 0 Å². The number of para-hydroxylation sites is 1. The zero-order valence-corrected chi connectivity index (χ0v) is 40.4. The quantitative estimate of drug-likeness (QED) is 0.161. The van der Waals surface area contributed by atoms with Gasteiger partial charge in [0.1, 0.15) is 0 Å². The molecule has 0 amide bonds. The lowest BCUT2D eigenvalue weighted by atomic mass is 9.44. The van der Waals surface area contributed by atoms with E-state index in [0.717, 1.165) is 0 Å². The van der Waals surface area contributed by atoms with Crippen LogP contribution in [-0.4, -0.2) is 11.3 Å². The maximum absolute atomic E-state index is 2.71. The van der Waals surface area contributed by atoms with Gasteiger partial charge in [-0.3, -0.25) is 0 Å². The monoisotopic (exact) mass is 844 g/mol. The first-order valence-corrected chi connectivity index (χ1v) is 23.7. The van der Waals surface area contributed by atoms with Crippen LogP contribution in [-0.2, 0) is 21.7 Å². The lowest BCUT2D eigenvalue weighted by Crippen LogP contribution is -2.56. The van der Waals surface area contributed by atoms with Gasteiger partial charge >= 0.3 is 6.85 Å². The predicted octanol–water partition coefficient (Wildman–Crippen LogP) is 15.9. The number of hydrogen-bond acceptors (Lipinski definition) is 1. The van der Waals surface area contributed by atoms with Crippen LogP contribution < -0.4 is 15.8 Å². The van der Waals surface area contributed by atoms with Crippen LogP contribution in [0.25, 0.3) is 66.0 Å². The fourth-order valence-electron chi connectivity index (χ4n) is 10.8. The van der Waals surface area contributed by atoms with E-state index >= 15 is 0 Å². The van der Waals surface area contributed by atoms with Gasteiger partial charge in [0.25, 0.3) is 0 Å². The number of rotatable bonds is 3. The van der Waals surface area contributed by atoms with Crippen molar-refractivity contribution in [3.05, 3.63) is 174 Å². The molecule has 65 heavy (non-hydrogen) atoms. The molecule has 0 atom stereocenters. The molecule has 0 bridgehead atoms. The molecule has 8 aromatic carbocycles. The molecule has 0 saturated carbocycles. The maximum Gasteiger partial charge on any atom is 0.333 e. The van der Waals surface area contributed by atoms with Crippen LogP contribution in [0.4, 0.5) is 17.1 Å². The van der Waals surface area contributed by atoms with Gasteiger partial charge in [-0.2, -0.15) is 0 Å². The second-order valence-corrected chi connectivity index (χ2v) is 23.1. The van der Waals surface area contributed by atoms with Gasteiger partial charge < -0.3 is 9.38 Å².